The summed E-state index contributed by atoms with van der Waals surface area (Å²) < 4.78 is 0. The van der Waals surface area contributed by atoms with Gasteiger partial charge in [-0.3, -0.25) is 9.59 Å². The van der Waals surface area contributed by atoms with Gasteiger partial charge in [0, 0.05) is 23.8 Å². The molecule has 2 amide bonds. The summed E-state index contributed by atoms with van der Waals surface area (Å²) >= 11 is 6.08. The number of anilines is 1. The Bertz CT molecular complexity index is 564. The van der Waals surface area contributed by atoms with Crippen molar-refractivity contribution in [1.29, 1.82) is 0 Å². The van der Waals surface area contributed by atoms with Crippen LogP contribution >= 0.6 is 11.6 Å². The third-order valence-corrected chi connectivity index (χ3v) is 4.21. The zero-order valence-corrected chi connectivity index (χ0v) is 15.5. The SMILES string of the molecule is CCCN(CCC)C(=O)C(C)(C)C(=O)Nc1ccc(C)c(Cl)c1. The molecule has 0 saturated carbocycles. The predicted octanol–water partition coefficient (Wildman–Crippen LogP) is 4.26. The van der Waals surface area contributed by atoms with Crippen LogP contribution in [-0.2, 0) is 9.59 Å². The first-order valence-corrected chi connectivity index (χ1v) is 8.48. The van der Waals surface area contributed by atoms with E-state index in [1.165, 1.54) is 0 Å². The number of halogens is 1. The Balaban J connectivity index is 2.89. The highest BCUT2D eigenvalue weighted by Gasteiger charge is 2.38. The highest BCUT2D eigenvalue weighted by molar-refractivity contribution is 6.31. The molecule has 1 N–H and O–H groups in total. The first-order valence-electron chi connectivity index (χ1n) is 8.11. The van der Waals surface area contributed by atoms with E-state index in [0.29, 0.717) is 23.8 Å². The molecular formula is C18H27ClN2O2. The second-order valence-electron chi connectivity index (χ2n) is 6.34. The van der Waals surface area contributed by atoms with Crippen molar-refractivity contribution < 1.29 is 9.59 Å². The Kier molecular flexibility index (Phi) is 7.07. The van der Waals surface area contributed by atoms with E-state index in [-0.39, 0.29) is 11.8 Å². The van der Waals surface area contributed by atoms with Gasteiger partial charge in [0.1, 0.15) is 5.41 Å². The Morgan fingerprint density at radius 1 is 1.17 bits per heavy atom. The van der Waals surface area contributed by atoms with E-state index < -0.39 is 5.41 Å². The Morgan fingerprint density at radius 2 is 1.74 bits per heavy atom. The van der Waals surface area contributed by atoms with Gasteiger partial charge in [-0.05, 0) is 51.3 Å². The molecule has 0 atom stereocenters. The number of amides is 2. The van der Waals surface area contributed by atoms with Gasteiger partial charge in [-0.2, -0.15) is 0 Å². The Labute approximate surface area is 144 Å². The summed E-state index contributed by atoms with van der Waals surface area (Å²) in [5.74, 6) is -0.462. The molecule has 0 bridgehead atoms. The zero-order valence-electron chi connectivity index (χ0n) is 14.7. The summed E-state index contributed by atoms with van der Waals surface area (Å²) in [6.45, 7) is 10.6. The molecule has 0 aliphatic carbocycles. The quantitative estimate of drug-likeness (QED) is 0.755. The Hall–Kier alpha value is -1.55. The summed E-state index contributed by atoms with van der Waals surface area (Å²) in [4.78, 5) is 27.1. The molecule has 23 heavy (non-hydrogen) atoms. The van der Waals surface area contributed by atoms with Crippen molar-refractivity contribution in [3.8, 4) is 0 Å². The number of carbonyl (C=O) groups excluding carboxylic acids is 2. The molecule has 0 unspecified atom stereocenters. The lowest BCUT2D eigenvalue weighted by atomic mass is 9.90. The lowest BCUT2D eigenvalue weighted by molar-refractivity contribution is -0.146. The van der Waals surface area contributed by atoms with Gasteiger partial charge in [0.15, 0.2) is 0 Å². The minimum absolute atomic E-state index is 0.142. The number of carbonyl (C=O) groups is 2. The minimum Gasteiger partial charge on any atom is -0.342 e. The minimum atomic E-state index is -1.12. The normalized spacial score (nSPS) is 11.2. The highest BCUT2D eigenvalue weighted by atomic mass is 35.5. The van der Waals surface area contributed by atoms with E-state index in [1.807, 2.05) is 26.8 Å². The lowest BCUT2D eigenvalue weighted by Crippen LogP contribution is -2.47. The lowest BCUT2D eigenvalue weighted by Gasteiger charge is -2.30. The molecule has 0 saturated heterocycles. The fraction of sp³-hybridized carbons (Fsp3) is 0.556. The second-order valence-corrected chi connectivity index (χ2v) is 6.74. The van der Waals surface area contributed by atoms with Crippen LogP contribution in [0.25, 0.3) is 0 Å². The maximum absolute atomic E-state index is 12.7. The number of hydrogen-bond donors (Lipinski definition) is 1. The Morgan fingerprint density at radius 3 is 2.22 bits per heavy atom. The third kappa shape index (κ3) is 4.96. The van der Waals surface area contributed by atoms with Crippen molar-refractivity contribution in [3.05, 3.63) is 28.8 Å². The van der Waals surface area contributed by atoms with Crippen molar-refractivity contribution in [3.63, 3.8) is 0 Å². The standard InChI is InChI=1S/C18H27ClN2O2/c1-6-10-21(11-7-2)17(23)18(4,5)16(22)20-14-9-8-13(3)15(19)12-14/h8-9,12H,6-7,10-11H2,1-5H3,(H,20,22). The molecule has 1 aromatic carbocycles. The summed E-state index contributed by atoms with van der Waals surface area (Å²) in [6, 6.07) is 5.33. The molecule has 4 nitrogen and oxygen atoms in total. The molecule has 5 heteroatoms. The van der Waals surface area contributed by atoms with Crippen molar-refractivity contribution in [2.24, 2.45) is 5.41 Å². The van der Waals surface area contributed by atoms with Crippen molar-refractivity contribution in [2.45, 2.75) is 47.5 Å². The first kappa shape index (κ1) is 19.5. The molecule has 0 aromatic heterocycles. The molecule has 0 aliphatic rings. The molecule has 0 heterocycles. The largest absolute Gasteiger partial charge is 0.342 e. The smallest absolute Gasteiger partial charge is 0.239 e. The third-order valence-electron chi connectivity index (χ3n) is 3.81. The summed E-state index contributed by atoms with van der Waals surface area (Å²) in [6.07, 6.45) is 1.74. The maximum Gasteiger partial charge on any atom is 0.239 e. The van der Waals surface area contributed by atoms with Crippen LogP contribution in [0.2, 0.25) is 5.02 Å². The number of aryl methyl sites for hydroxylation is 1. The fourth-order valence-electron chi connectivity index (χ4n) is 2.31. The van der Waals surface area contributed by atoms with Gasteiger partial charge in [0.2, 0.25) is 11.8 Å². The van der Waals surface area contributed by atoms with E-state index in [4.69, 9.17) is 11.6 Å². The second kappa shape index (κ2) is 8.34. The maximum atomic E-state index is 12.7. The molecule has 0 aliphatic heterocycles. The molecule has 1 rings (SSSR count). The van der Waals surface area contributed by atoms with E-state index in [2.05, 4.69) is 5.32 Å². The number of hydrogen-bond acceptors (Lipinski definition) is 2. The number of benzene rings is 1. The average Bonchev–Trinajstić information content (AvgIpc) is 2.50. The van der Waals surface area contributed by atoms with Crippen LogP contribution < -0.4 is 5.32 Å². The number of nitrogens with one attached hydrogen (secondary N) is 1. The van der Waals surface area contributed by atoms with Crippen LogP contribution in [0.1, 0.15) is 46.1 Å². The summed E-state index contributed by atoms with van der Waals surface area (Å²) in [5, 5.41) is 3.39. The molecule has 0 spiro atoms. The van der Waals surface area contributed by atoms with Gasteiger partial charge in [-0.15, -0.1) is 0 Å². The van der Waals surface area contributed by atoms with Crippen LogP contribution in [0.5, 0.6) is 0 Å². The van der Waals surface area contributed by atoms with Gasteiger partial charge < -0.3 is 10.2 Å². The fourth-order valence-corrected chi connectivity index (χ4v) is 2.49. The van der Waals surface area contributed by atoms with E-state index in [1.54, 1.807) is 30.9 Å². The molecular weight excluding hydrogens is 312 g/mol. The monoisotopic (exact) mass is 338 g/mol. The highest BCUT2D eigenvalue weighted by Crippen LogP contribution is 2.25. The van der Waals surface area contributed by atoms with Gasteiger partial charge in [0.05, 0.1) is 0 Å². The van der Waals surface area contributed by atoms with Crippen LogP contribution in [0, 0.1) is 12.3 Å². The van der Waals surface area contributed by atoms with Gasteiger partial charge in [0.25, 0.3) is 0 Å². The molecule has 128 valence electrons. The van der Waals surface area contributed by atoms with Crippen LogP contribution in [0.3, 0.4) is 0 Å². The van der Waals surface area contributed by atoms with Crippen LogP contribution in [-0.4, -0.2) is 29.8 Å². The van der Waals surface area contributed by atoms with Crippen LogP contribution in [0.15, 0.2) is 18.2 Å². The van der Waals surface area contributed by atoms with Gasteiger partial charge in [-0.25, -0.2) is 0 Å². The van der Waals surface area contributed by atoms with E-state index in [0.717, 1.165) is 18.4 Å². The topological polar surface area (TPSA) is 49.4 Å². The molecule has 0 fully saturated rings. The summed E-state index contributed by atoms with van der Waals surface area (Å²) in [7, 11) is 0. The number of nitrogens with zero attached hydrogens (tertiary/aromatic N) is 1. The van der Waals surface area contributed by atoms with E-state index >= 15 is 0 Å². The van der Waals surface area contributed by atoms with Crippen molar-refractivity contribution in [1.82, 2.24) is 4.90 Å². The summed E-state index contributed by atoms with van der Waals surface area (Å²) in [5.41, 5.74) is 0.419. The first-order chi connectivity index (χ1) is 10.7. The van der Waals surface area contributed by atoms with E-state index in [9.17, 15) is 9.59 Å². The van der Waals surface area contributed by atoms with Crippen molar-refractivity contribution in [2.75, 3.05) is 18.4 Å². The molecule has 1 aromatic rings. The van der Waals surface area contributed by atoms with Gasteiger partial charge >= 0.3 is 0 Å². The van der Waals surface area contributed by atoms with Crippen molar-refractivity contribution >= 4 is 29.1 Å². The molecule has 0 radical (unpaired) electrons. The number of rotatable bonds is 7. The zero-order chi connectivity index (χ0) is 17.6. The average molecular weight is 339 g/mol. The van der Waals surface area contributed by atoms with Crippen LogP contribution in [0.4, 0.5) is 5.69 Å². The predicted molar refractivity (Wildman–Crippen MR) is 95.8 cm³/mol. The van der Waals surface area contributed by atoms with Gasteiger partial charge in [-0.1, -0.05) is 31.5 Å².